The summed E-state index contributed by atoms with van der Waals surface area (Å²) >= 11 is 0. The Bertz CT molecular complexity index is 819. The number of hydrogen-bond acceptors (Lipinski definition) is 4. The van der Waals surface area contributed by atoms with Gasteiger partial charge in [-0.25, -0.2) is 4.68 Å². The number of carbonyl (C=O) groups is 2. The fourth-order valence-electron chi connectivity index (χ4n) is 3.18. The highest BCUT2D eigenvalue weighted by Crippen LogP contribution is 2.16. The number of rotatable bonds is 3. The van der Waals surface area contributed by atoms with E-state index in [2.05, 4.69) is 10.3 Å². The van der Waals surface area contributed by atoms with E-state index in [1.165, 1.54) is 0 Å². The number of aromatic nitrogens is 3. The van der Waals surface area contributed by atoms with Gasteiger partial charge in [0.15, 0.2) is 5.69 Å². The van der Waals surface area contributed by atoms with Crippen LogP contribution in [0.25, 0.3) is 5.69 Å². The summed E-state index contributed by atoms with van der Waals surface area (Å²) in [6, 6.07) is 7.92. The molecular weight excluding hydrogens is 330 g/mol. The number of carbonyl (C=O) groups excluding carboxylic acids is 2. The van der Waals surface area contributed by atoms with Crippen LogP contribution in [0.1, 0.15) is 35.6 Å². The highest BCUT2D eigenvalue weighted by molar-refractivity contribution is 5.93. The fourth-order valence-corrected chi connectivity index (χ4v) is 3.18. The van der Waals surface area contributed by atoms with E-state index in [1.54, 1.807) is 9.58 Å². The van der Waals surface area contributed by atoms with Crippen molar-refractivity contribution in [3.8, 4) is 5.69 Å². The lowest BCUT2D eigenvalue weighted by molar-refractivity contribution is -0.135. The van der Waals surface area contributed by atoms with Crippen LogP contribution in [0.2, 0.25) is 0 Å². The van der Waals surface area contributed by atoms with Crippen molar-refractivity contribution in [2.45, 2.75) is 27.7 Å². The third kappa shape index (κ3) is 3.47. The molecule has 0 radical (unpaired) electrons. The molecule has 1 aromatic carbocycles. The first-order chi connectivity index (χ1) is 12.4. The zero-order valence-corrected chi connectivity index (χ0v) is 15.8. The Kier molecular flexibility index (Phi) is 5.06. The summed E-state index contributed by atoms with van der Waals surface area (Å²) in [4.78, 5) is 28.5. The molecule has 0 saturated carbocycles. The third-order valence-corrected chi connectivity index (χ3v) is 4.72. The van der Waals surface area contributed by atoms with Crippen LogP contribution in [0, 0.1) is 19.8 Å². The van der Waals surface area contributed by atoms with E-state index in [1.807, 2.05) is 56.9 Å². The minimum Gasteiger partial charge on any atom is -0.339 e. The second kappa shape index (κ2) is 7.27. The molecule has 0 spiro atoms. The molecule has 26 heavy (non-hydrogen) atoms. The molecule has 138 valence electrons. The minimum absolute atomic E-state index is 0.0197. The summed E-state index contributed by atoms with van der Waals surface area (Å²) in [6.45, 7) is 9.83. The summed E-state index contributed by atoms with van der Waals surface area (Å²) in [5.41, 5.74) is 3.11. The lowest BCUT2D eigenvalue weighted by Crippen LogP contribution is -2.51. The number of aryl methyl sites for hydroxylation is 1. The molecule has 2 amide bonds. The summed E-state index contributed by atoms with van der Waals surface area (Å²) in [6.07, 6.45) is 0. The van der Waals surface area contributed by atoms with Gasteiger partial charge < -0.3 is 9.80 Å². The quantitative estimate of drug-likeness (QED) is 0.842. The molecule has 1 fully saturated rings. The van der Waals surface area contributed by atoms with Crippen LogP contribution < -0.4 is 0 Å². The molecule has 0 bridgehead atoms. The predicted octanol–water partition coefficient (Wildman–Crippen LogP) is 1.82. The minimum atomic E-state index is -0.127. The fraction of sp³-hybridized carbons (Fsp3) is 0.474. The summed E-state index contributed by atoms with van der Waals surface area (Å²) in [7, 11) is 0. The van der Waals surface area contributed by atoms with Crippen LogP contribution >= 0.6 is 0 Å². The van der Waals surface area contributed by atoms with Crippen molar-refractivity contribution in [1.82, 2.24) is 24.8 Å². The molecule has 1 saturated heterocycles. The van der Waals surface area contributed by atoms with Crippen LogP contribution in [-0.2, 0) is 4.79 Å². The third-order valence-electron chi connectivity index (χ3n) is 4.72. The molecule has 2 aromatic rings. The Labute approximate surface area is 153 Å². The first-order valence-corrected chi connectivity index (χ1v) is 8.96. The Morgan fingerprint density at radius 2 is 1.69 bits per heavy atom. The molecule has 0 aliphatic carbocycles. The van der Waals surface area contributed by atoms with Crippen LogP contribution in [0.15, 0.2) is 24.3 Å². The van der Waals surface area contributed by atoms with Gasteiger partial charge in [-0.3, -0.25) is 9.59 Å². The maximum atomic E-state index is 12.8. The summed E-state index contributed by atoms with van der Waals surface area (Å²) in [5, 5.41) is 8.28. The van der Waals surface area contributed by atoms with Crippen molar-refractivity contribution in [1.29, 1.82) is 0 Å². The second-order valence-corrected chi connectivity index (χ2v) is 7.05. The molecule has 3 rings (SSSR count). The predicted molar refractivity (Wildman–Crippen MR) is 98.2 cm³/mol. The van der Waals surface area contributed by atoms with Crippen LogP contribution in [0.4, 0.5) is 0 Å². The number of hydrogen-bond donors (Lipinski definition) is 0. The molecule has 2 heterocycles. The van der Waals surface area contributed by atoms with Gasteiger partial charge in [0.05, 0.1) is 11.4 Å². The van der Waals surface area contributed by atoms with E-state index in [0.717, 1.165) is 16.9 Å². The second-order valence-electron chi connectivity index (χ2n) is 7.05. The maximum absolute atomic E-state index is 12.8. The molecule has 1 aromatic heterocycles. The van der Waals surface area contributed by atoms with Gasteiger partial charge in [0, 0.05) is 32.1 Å². The van der Waals surface area contributed by atoms with E-state index in [9.17, 15) is 9.59 Å². The zero-order valence-electron chi connectivity index (χ0n) is 15.8. The molecule has 0 atom stereocenters. The Balaban J connectivity index is 1.73. The first kappa shape index (κ1) is 18.1. The largest absolute Gasteiger partial charge is 0.339 e. The van der Waals surface area contributed by atoms with Crippen molar-refractivity contribution in [3.05, 3.63) is 41.2 Å². The molecule has 0 unspecified atom stereocenters. The smallest absolute Gasteiger partial charge is 0.276 e. The molecule has 0 N–H and O–H groups in total. The van der Waals surface area contributed by atoms with E-state index in [4.69, 9.17) is 0 Å². The van der Waals surface area contributed by atoms with Crippen molar-refractivity contribution in [2.24, 2.45) is 5.92 Å². The average Bonchev–Trinajstić information content (AvgIpc) is 3.02. The lowest BCUT2D eigenvalue weighted by Gasteiger charge is -2.35. The van der Waals surface area contributed by atoms with Crippen molar-refractivity contribution >= 4 is 11.8 Å². The Morgan fingerprint density at radius 1 is 1.04 bits per heavy atom. The van der Waals surface area contributed by atoms with Crippen LogP contribution in [0.5, 0.6) is 0 Å². The zero-order chi connectivity index (χ0) is 18.8. The van der Waals surface area contributed by atoms with Crippen LogP contribution in [-0.4, -0.2) is 62.8 Å². The van der Waals surface area contributed by atoms with Gasteiger partial charge in [-0.2, -0.15) is 0 Å². The van der Waals surface area contributed by atoms with Crippen molar-refractivity contribution in [3.63, 3.8) is 0 Å². The van der Waals surface area contributed by atoms with Gasteiger partial charge in [0.25, 0.3) is 5.91 Å². The number of piperazine rings is 1. The van der Waals surface area contributed by atoms with Crippen molar-refractivity contribution in [2.75, 3.05) is 26.2 Å². The first-order valence-electron chi connectivity index (χ1n) is 8.96. The van der Waals surface area contributed by atoms with Gasteiger partial charge in [0.2, 0.25) is 5.91 Å². The number of nitrogens with zero attached hydrogens (tertiary/aromatic N) is 5. The van der Waals surface area contributed by atoms with Gasteiger partial charge in [-0.05, 0) is 31.5 Å². The van der Waals surface area contributed by atoms with Gasteiger partial charge >= 0.3 is 0 Å². The molecular formula is C19H25N5O2. The van der Waals surface area contributed by atoms with Gasteiger partial charge in [-0.1, -0.05) is 31.2 Å². The molecule has 7 heteroatoms. The average molecular weight is 355 g/mol. The SMILES string of the molecule is Cc1cccc(-n2nnc(C(=O)N3CCN(C(=O)C(C)C)CC3)c2C)c1. The normalized spacial score (nSPS) is 14.8. The highest BCUT2D eigenvalue weighted by Gasteiger charge is 2.28. The maximum Gasteiger partial charge on any atom is 0.276 e. The Morgan fingerprint density at radius 3 is 2.31 bits per heavy atom. The van der Waals surface area contributed by atoms with Gasteiger partial charge in [0.1, 0.15) is 0 Å². The van der Waals surface area contributed by atoms with E-state index in [-0.39, 0.29) is 17.7 Å². The highest BCUT2D eigenvalue weighted by atomic mass is 16.2. The summed E-state index contributed by atoms with van der Waals surface area (Å²) in [5.74, 6) is -0.00885. The van der Waals surface area contributed by atoms with Crippen molar-refractivity contribution < 1.29 is 9.59 Å². The van der Waals surface area contributed by atoms with Gasteiger partial charge in [-0.15, -0.1) is 5.10 Å². The molecule has 1 aliphatic rings. The number of amides is 2. The topological polar surface area (TPSA) is 71.3 Å². The van der Waals surface area contributed by atoms with E-state index in [0.29, 0.717) is 31.9 Å². The Hall–Kier alpha value is -2.70. The van der Waals surface area contributed by atoms with E-state index >= 15 is 0 Å². The molecule has 7 nitrogen and oxygen atoms in total. The van der Waals surface area contributed by atoms with E-state index < -0.39 is 0 Å². The monoisotopic (exact) mass is 355 g/mol. The molecule has 1 aliphatic heterocycles. The lowest BCUT2D eigenvalue weighted by atomic mass is 10.1. The van der Waals surface area contributed by atoms with Crippen LogP contribution in [0.3, 0.4) is 0 Å². The standard InChI is InChI=1S/C19H25N5O2/c1-13(2)18(25)22-8-10-23(11-9-22)19(26)17-15(4)24(21-20-17)16-7-5-6-14(3)12-16/h5-7,12-13H,8-11H2,1-4H3. The summed E-state index contributed by atoms with van der Waals surface area (Å²) < 4.78 is 1.69. The number of benzene rings is 1.